The zero-order chi connectivity index (χ0) is 19.2. The molecule has 0 aliphatic rings. The number of likely N-dealkylation sites (N-methyl/N-ethyl adjacent to an activating group) is 2. The van der Waals surface area contributed by atoms with Crippen LogP contribution in [-0.2, 0) is 16.1 Å². The van der Waals surface area contributed by atoms with Crippen molar-refractivity contribution >= 4 is 23.4 Å². The van der Waals surface area contributed by atoms with Gasteiger partial charge in [0, 0.05) is 23.2 Å². The van der Waals surface area contributed by atoms with E-state index in [2.05, 4.69) is 5.32 Å². The molecule has 7 heteroatoms. The van der Waals surface area contributed by atoms with Crippen LogP contribution in [-0.4, -0.2) is 56.5 Å². The van der Waals surface area contributed by atoms with E-state index in [1.165, 1.54) is 4.90 Å². The fourth-order valence-corrected chi connectivity index (χ4v) is 2.62. The molecule has 2 amide bonds. The number of quaternary nitrogens is 1. The van der Waals surface area contributed by atoms with Crippen LogP contribution in [0.1, 0.15) is 26.3 Å². The molecule has 0 heterocycles. The molecule has 25 heavy (non-hydrogen) atoms. The predicted octanol–water partition coefficient (Wildman–Crippen LogP) is 0.736. The van der Waals surface area contributed by atoms with Gasteiger partial charge in [0.1, 0.15) is 12.3 Å². The van der Waals surface area contributed by atoms with E-state index in [4.69, 9.17) is 16.3 Å². The zero-order valence-electron chi connectivity index (χ0n) is 15.9. The molecule has 140 valence electrons. The van der Waals surface area contributed by atoms with E-state index in [0.29, 0.717) is 11.6 Å². The minimum absolute atomic E-state index is 0.0455. The smallest absolute Gasteiger partial charge is 0.277 e. The molecule has 1 rings (SSSR count). The van der Waals surface area contributed by atoms with Crippen LogP contribution in [0.5, 0.6) is 5.75 Å². The number of rotatable bonds is 7. The lowest BCUT2D eigenvalue weighted by molar-refractivity contribution is -0.885. The lowest BCUT2D eigenvalue weighted by Gasteiger charge is -2.24. The minimum Gasteiger partial charge on any atom is -0.496 e. The van der Waals surface area contributed by atoms with Gasteiger partial charge >= 0.3 is 0 Å². The first kappa shape index (κ1) is 21.3. The topological polar surface area (TPSA) is 63.1 Å². The first-order chi connectivity index (χ1) is 11.5. The molecule has 0 aromatic heterocycles. The summed E-state index contributed by atoms with van der Waals surface area (Å²) < 4.78 is 5.33. The van der Waals surface area contributed by atoms with Crippen LogP contribution in [0.3, 0.4) is 0 Å². The summed E-state index contributed by atoms with van der Waals surface area (Å²) in [4.78, 5) is 26.7. The molecule has 1 atom stereocenters. The number of carbonyl (C=O) groups excluding carboxylic acids is 2. The summed E-state index contributed by atoms with van der Waals surface area (Å²) in [6.07, 6.45) is 0. The summed E-state index contributed by atoms with van der Waals surface area (Å²) in [7, 11) is 5.16. The maximum Gasteiger partial charge on any atom is 0.277 e. The Morgan fingerprint density at radius 2 is 1.96 bits per heavy atom. The van der Waals surface area contributed by atoms with Crippen LogP contribution in [0.15, 0.2) is 18.2 Å². The van der Waals surface area contributed by atoms with Gasteiger partial charge in [-0.1, -0.05) is 11.6 Å². The van der Waals surface area contributed by atoms with Crippen molar-refractivity contribution in [2.45, 2.75) is 32.9 Å². The Morgan fingerprint density at radius 1 is 1.32 bits per heavy atom. The molecule has 2 N–H and O–H groups in total. The molecule has 0 saturated heterocycles. The van der Waals surface area contributed by atoms with Gasteiger partial charge < -0.3 is 19.9 Å². The van der Waals surface area contributed by atoms with Gasteiger partial charge in [-0.2, -0.15) is 0 Å². The summed E-state index contributed by atoms with van der Waals surface area (Å²) in [6.45, 7) is 6.63. The molecule has 0 spiro atoms. The van der Waals surface area contributed by atoms with Gasteiger partial charge in [-0.15, -0.1) is 0 Å². The summed E-state index contributed by atoms with van der Waals surface area (Å²) in [5.41, 5.74) is 0.625. The van der Waals surface area contributed by atoms with Crippen molar-refractivity contribution in [2.75, 3.05) is 34.3 Å². The minimum atomic E-state index is -0.313. The normalized spacial score (nSPS) is 12.4. The summed E-state index contributed by atoms with van der Waals surface area (Å²) in [6, 6.07) is 5.43. The Kier molecular flexibility index (Phi) is 7.70. The Bertz CT molecular complexity index is 614. The van der Waals surface area contributed by atoms with Gasteiger partial charge in [-0.25, -0.2) is 0 Å². The highest BCUT2D eigenvalue weighted by Gasteiger charge is 2.20. The second-order valence-electron chi connectivity index (χ2n) is 7.31. The summed E-state index contributed by atoms with van der Waals surface area (Å²) in [5.74, 6) is 0.481. The number of halogens is 1. The van der Waals surface area contributed by atoms with E-state index in [0.717, 1.165) is 16.2 Å². The number of methoxy groups -OCH3 is 1. The van der Waals surface area contributed by atoms with Crippen LogP contribution in [0, 0.1) is 0 Å². The maximum absolute atomic E-state index is 12.3. The number of amides is 2. The largest absolute Gasteiger partial charge is 0.496 e. The van der Waals surface area contributed by atoms with E-state index in [-0.39, 0.29) is 30.4 Å². The van der Waals surface area contributed by atoms with Gasteiger partial charge in [0.25, 0.3) is 5.91 Å². The fraction of sp³-hybridized carbons (Fsp3) is 0.556. The first-order valence-corrected chi connectivity index (χ1v) is 8.58. The van der Waals surface area contributed by atoms with E-state index in [1.54, 1.807) is 20.2 Å². The van der Waals surface area contributed by atoms with E-state index >= 15 is 0 Å². The van der Waals surface area contributed by atoms with Crippen LogP contribution in [0.2, 0.25) is 5.02 Å². The van der Waals surface area contributed by atoms with Crippen LogP contribution >= 0.6 is 11.6 Å². The third kappa shape index (κ3) is 7.75. The van der Waals surface area contributed by atoms with Gasteiger partial charge in [0.2, 0.25) is 5.91 Å². The molecule has 1 unspecified atom stereocenters. The highest BCUT2D eigenvalue weighted by molar-refractivity contribution is 6.30. The van der Waals surface area contributed by atoms with Crippen molar-refractivity contribution in [1.29, 1.82) is 0 Å². The van der Waals surface area contributed by atoms with Crippen molar-refractivity contribution in [1.82, 2.24) is 10.2 Å². The molecule has 6 nitrogen and oxygen atoms in total. The van der Waals surface area contributed by atoms with Crippen molar-refractivity contribution in [3.8, 4) is 5.75 Å². The molecule has 0 saturated carbocycles. The lowest BCUT2D eigenvalue weighted by atomic mass is 10.1. The highest BCUT2D eigenvalue weighted by Crippen LogP contribution is 2.21. The number of nitrogens with one attached hydrogen (secondary N) is 2. The number of benzene rings is 1. The van der Waals surface area contributed by atoms with E-state index < -0.39 is 0 Å². The predicted molar refractivity (Wildman–Crippen MR) is 99.0 cm³/mol. The molecule has 0 radical (unpaired) electrons. The van der Waals surface area contributed by atoms with Crippen molar-refractivity contribution in [3.63, 3.8) is 0 Å². The quantitative estimate of drug-likeness (QED) is 0.744. The van der Waals surface area contributed by atoms with Gasteiger partial charge in [0.15, 0.2) is 6.54 Å². The fourth-order valence-electron chi connectivity index (χ4n) is 2.43. The Balaban J connectivity index is 2.59. The molecular formula is C18H29ClN3O3+. The maximum atomic E-state index is 12.3. The molecule has 0 fully saturated rings. The second-order valence-corrected chi connectivity index (χ2v) is 7.75. The molecule has 0 aliphatic heterocycles. The number of nitrogens with zero attached hydrogens (tertiary/aromatic N) is 1. The number of carbonyl (C=O) groups is 2. The Morgan fingerprint density at radius 3 is 2.52 bits per heavy atom. The number of ether oxygens (including phenoxy) is 1. The molecule has 0 bridgehead atoms. The summed E-state index contributed by atoms with van der Waals surface area (Å²) >= 11 is 6.04. The third-order valence-corrected chi connectivity index (χ3v) is 3.74. The van der Waals surface area contributed by atoms with Crippen molar-refractivity contribution < 1.29 is 19.2 Å². The first-order valence-electron chi connectivity index (χ1n) is 8.20. The standard InChI is InChI=1S/C18H28ClN3O3/c1-18(2,3)20-16(23)11-22(5)17(24)12-21(4)10-13-9-14(19)7-8-15(13)25-6/h7-9H,10-12H2,1-6H3,(H,20,23)/p+1. The van der Waals surface area contributed by atoms with E-state index in [9.17, 15) is 9.59 Å². The van der Waals surface area contributed by atoms with Crippen LogP contribution in [0.25, 0.3) is 0 Å². The van der Waals surface area contributed by atoms with Crippen LogP contribution in [0.4, 0.5) is 0 Å². The molecule has 0 aliphatic carbocycles. The average molecular weight is 371 g/mol. The zero-order valence-corrected chi connectivity index (χ0v) is 16.7. The lowest BCUT2D eigenvalue weighted by Crippen LogP contribution is -3.08. The average Bonchev–Trinajstić information content (AvgIpc) is 2.45. The Labute approximate surface area is 155 Å². The third-order valence-electron chi connectivity index (χ3n) is 3.51. The van der Waals surface area contributed by atoms with Crippen molar-refractivity contribution in [3.05, 3.63) is 28.8 Å². The number of hydrogen-bond donors (Lipinski definition) is 2. The van der Waals surface area contributed by atoms with Gasteiger partial charge in [-0.3, -0.25) is 9.59 Å². The number of hydrogen-bond acceptors (Lipinski definition) is 3. The van der Waals surface area contributed by atoms with Crippen molar-refractivity contribution in [2.24, 2.45) is 0 Å². The summed E-state index contributed by atoms with van der Waals surface area (Å²) in [5, 5.41) is 3.48. The highest BCUT2D eigenvalue weighted by atomic mass is 35.5. The van der Waals surface area contributed by atoms with E-state index in [1.807, 2.05) is 40.0 Å². The molecule has 1 aromatic rings. The van der Waals surface area contributed by atoms with Crippen LogP contribution < -0.4 is 15.0 Å². The Hall–Kier alpha value is -1.79. The molecule has 1 aromatic carbocycles. The second kappa shape index (κ2) is 9.06. The SMILES string of the molecule is COc1ccc(Cl)cc1C[NH+](C)CC(=O)N(C)CC(=O)NC(C)(C)C. The monoisotopic (exact) mass is 370 g/mol. The van der Waals surface area contributed by atoms with Gasteiger partial charge in [0.05, 0.1) is 20.7 Å². The molecular weight excluding hydrogens is 342 g/mol. The van der Waals surface area contributed by atoms with Gasteiger partial charge in [-0.05, 0) is 39.0 Å².